The predicted octanol–water partition coefficient (Wildman–Crippen LogP) is 2.80. The molecule has 0 radical (unpaired) electrons. The van der Waals surface area contributed by atoms with Crippen LogP contribution in [0.3, 0.4) is 0 Å². The number of urea groups is 1. The van der Waals surface area contributed by atoms with Crippen molar-refractivity contribution in [1.29, 1.82) is 0 Å². The van der Waals surface area contributed by atoms with Gasteiger partial charge in [-0.05, 0) is 100 Å². The first kappa shape index (κ1) is 43.0. The molecule has 2 aromatic rings. The van der Waals surface area contributed by atoms with Gasteiger partial charge in [0.05, 0.1) is 0 Å². The molecule has 0 spiro atoms. The fraction of sp³-hybridized carbons (Fsp3) is 0.548. The third kappa shape index (κ3) is 9.99. The number of piperidine rings is 1. The molecule has 1 unspecified atom stereocenters. The number of halogens is 2. The third-order valence-corrected chi connectivity index (χ3v) is 11.6. The van der Waals surface area contributed by atoms with Crippen LogP contribution >= 0.6 is 0 Å². The number of hydrogen-bond acceptors (Lipinski definition) is 8. The standard InChI is InChI=1S/C42H53F2N7O8/c1-5-26-11-13-30(14-12-26)46-42(58)47-31(20-27-18-28(43)21-29(44)19-27)36(52)48-35-25(4)59-41(57)34-17-23(2)22-51(34)38(54)24(3)45-37(53)32-9-6-7-15-49(32)39(55)33-10-8-16-50(33)40(35)56/h11-14,18-19,21,23-25,31-35H,5-10,15-17,20,22H2,1-4H3,(H,45,53)(H,48,52)(H2,46,47,58)/t23-,24-,25-,31-,32-,33-,34-,35?/m0/s1. The van der Waals surface area contributed by atoms with Gasteiger partial charge in [-0.2, -0.15) is 0 Å². The molecule has 4 N–H and O–H groups in total. The van der Waals surface area contributed by atoms with Crippen molar-refractivity contribution in [3.05, 3.63) is 65.2 Å². The fourth-order valence-corrected chi connectivity index (χ4v) is 8.54. The zero-order chi connectivity index (χ0) is 42.5. The largest absolute Gasteiger partial charge is 0.458 e. The summed E-state index contributed by atoms with van der Waals surface area (Å²) in [7, 11) is 0. The van der Waals surface area contributed by atoms with Crippen molar-refractivity contribution >= 4 is 47.2 Å². The van der Waals surface area contributed by atoms with E-state index in [1.165, 1.54) is 28.5 Å². The third-order valence-electron chi connectivity index (χ3n) is 11.6. The van der Waals surface area contributed by atoms with Gasteiger partial charge in [0.2, 0.25) is 29.5 Å². The summed E-state index contributed by atoms with van der Waals surface area (Å²) in [5.74, 6) is -5.94. The van der Waals surface area contributed by atoms with Gasteiger partial charge in [0.15, 0.2) is 0 Å². The highest BCUT2D eigenvalue weighted by molar-refractivity contribution is 5.98. The molecule has 59 heavy (non-hydrogen) atoms. The van der Waals surface area contributed by atoms with Crippen LogP contribution in [-0.4, -0.2) is 118 Å². The van der Waals surface area contributed by atoms with E-state index in [0.717, 1.165) is 24.1 Å². The van der Waals surface area contributed by atoms with E-state index in [-0.39, 0.29) is 44.0 Å². The molecule has 6 rings (SSSR count). The Morgan fingerprint density at radius 3 is 2.17 bits per heavy atom. The van der Waals surface area contributed by atoms with Gasteiger partial charge in [0, 0.05) is 37.8 Å². The topological polar surface area (TPSA) is 187 Å². The van der Waals surface area contributed by atoms with Gasteiger partial charge in [0.25, 0.3) is 0 Å². The number of fused-ring (bicyclic) bond motifs is 3. The number of ether oxygens (including phenoxy) is 1. The maximum Gasteiger partial charge on any atom is 0.329 e. The average molecular weight is 822 g/mol. The summed E-state index contributed by atoms with van der Waals surface area (Å²) in [6.07, 6.45) is 1.58. The summed E-state index contributed by atoms with van der Waals surface area (Å²) in [4.78, 5) is 102. The van der Waals surface area contributed by atoms with Gasteiger partial charge in [-0.1, -0.05) is 26.0 Å². The second-order valence-electron chi connectivity index (χ2n) is 16.1. The van der Waals surface area contributed by atoms with Gasteiger partial charge in [-0.3, -0.25) is 24.0 Å². The van der Waals surface area contributed by atoms with E-state index < -0.39 is 102 Å². The second kappa shape index (κ2) is 18.5. The minimum atomic E-state index is -1.62. The average Bonchev–Trinajstić information content (AvgIpc) is 3.85. The lowest BCUT2D eigenvalue weighted by atomic mass is 9.99. The Bertz CT molecular complexity index is 1930. The summed E-state index contributed by atoms with van der Waals surface area (Å²) in [5.41, 5.74) is 1.46. The molecular formula is C42H53F2N7O8. The van der Waals surface area contributed by atoms with Gasteiger partial charge in [-0.15, -0.1) is 0 Å². The summed E-state index contributed by atoms with van der Waals surface area (Å²) in [6.45, 7) is 7.36. The number of aryl methyl sites for hydroxylation is 1. The lowest BCUT2D eigenvalue weighted by Gasteiger charge is -2.39. The first-order chi connectivity index (χ1) is 28.1. The molecule has 0 aromatic heterocycles. The van der Waals surface area contributed by atoms with Gasteiger partial charge < -0.3 is 40.7 Å². The molecule has 4 aliphatic heterocycles. The molecule has 15 nitrogen and oxygen atoms in total. The number of esters is 1. The van der Waals surface area contributed by atoms with Crippen LogP contribution in [0.25, 0.3) is 0 Å². The molecule has 17 heteroatoms. The molecule has 0 aliphatic carbocycles. The molecule has 4 aliphatic rings. The van der Waals surface area contributed by atoms with Crippen molar-refractivity contribution in [2.75, 3.05) is 25.0 Å². The number of hydrogen-bond donors (Lipinski definition) is 4. The maximum absolute atomic E-state index is 14.7. The lowest BCUT2D eigenvalue weighted by Crippen LogP contribution is -2.63. The molecule has 2 aromatic carbocycles. The molecule has 0 bridgehead atoms. The Hall–Kier alpha value is -5.61. The number of benzene rings is 2. The lowest BCUT2D eigenvalue weighted by molar-refractivity contribution is -0.163. The summed E-state index contributed by atoms with van der Waals surface area (Å²) in [5, 5.41) is 10.6. The van der Waals surface area contributed by atoms with E-state index in [4.69, 9.17) is 4.74 Å². The number of carbonyl (C=O) groups excluding carboxylic acids is 7. The molecule has 4 fully saturated rings. The van der Waals surface area contributed by atoms with Crippen LogP contribution in [0.2, 0.25) is 0 Å². The number of carbonyl (C=O) groups is 7. The molecule has 4 saturated heterocycles. The van der Waals surface area contributed by atoms with Crippen LogP contribution in [0, 0.1) is 17.6 Å². The van der Waals surface area contributed by atoms with E-state index in [9.17, 15) is 42.3 Å². The first-order valence-corrected chi connectivity index (χ1v) is 20.5. The van der Waals surface area contributed by atoms with E-state index in [2.05, 4.69) is 21.3 Å². The fourth-order valence-electron chi connectivity index (χ4n) is 8.54. The Kier molecular flexibility index (Phi) is 13.5. The highest BCUT2D eigenvalue weighted by atomic mass is 19.1. The van der Waals surface area contributed by atoms with Crippen LogP contribution in [0.1, 0.15) is 77.3 Å². The number of amides is 7. The van der Waals surface area contributed by atoms with Crippen LogP contribution < -0.4 is 21.3 Å². The SMILES string of the molecule is CCc1ccc(NC(=O)N[C@@H](Cc2cc(F)cc(F)c2)C(=O)NC2C(=O)N3CCC[C@H]3C(=O)N3CCCC[C@H]3C(=O)N[C@@H](C)C(=O)N3C[C@@H](C)C[C@H]3C(=O)O[C@H]2C)cc1. The smallest absolute Gasteiger partial charge is 0.329 e. The number of nitrogens with one attached hydrogen (secondary N) is 4. The van der Waals surface area contributed by atoms with E-state index in [1.54, 1.807) is 12.1 Å². The number of nitrogens with zero attached hydrogens (tertiary/aromatic N) is 3. The summed E-state index contributed by atoms with van der Waals surface area (Å²) in [6, 6.07) is 1.75. The Morgan fingerprint density at radius 2 is 1.47 bits per heavy atom. The zero-order valence-electron chi connectivity index (χ0n) is 33.8. The normalized spacial score (nSPS) is 27.3. The van der Waals surface area contributed by atoms with E-state index in [0.29, 0.717) is 37.4 Å². The van der Waals surface area contributed by atoms with Crippen molar-refractivity contribution in [1.82, 2.24) is 30.7 Å². The summed E-state index contributed by atoms with van der Waals surface area (Å²) >= 11 is 0. The van der Waals surface area contributed by atoms with Crippen LogP contribution in [0.4, 0.5) is 19.3 Å². The minimum Gasteiger partial charge on any atom is -0.458 e. The van der Waals surface area contributed by atoms with E-state index in [1.807, 2.05) is 26.0 Å². The molecular weight excluding hydrogens is 768 g/mol. The molecule has 0 saturated carbocycles. The monoisotopic (exact) mass is 821 g/mol. The minimum absolute atomic E-state index is 0.0266. The van der Waals surface area contributed by atoms with E-state index >= 15 is 0 Å². The Labute approximate surface area is 341 Å². The number of cyclic esters (lactones) is 1. The number of anilines is 1. The van der Waals surface area contributed by atoms with Gasteiger partial charge >= 0.3 is 12.0 Å². The van der Waals surface area contributed by atoms with Crippen molar-refractivity contribution in [3.8, 4) is 0 Å². The van der Waals surface area contributed by atoms with Gasteiger partial charge in [-0.25, -0.2) is 18.4 Å². The Morgan fingerprint density at radius 1 is 0.814 bits per heavy atom. The number of rotatable bonds is 7. The first-order valence-electron chi connectivity index (χ1n) is 20.5. The van der Waals surface area contributed by atoms with Crippen molar-refractivity contribution in [2.24, 2.45) is 5.92 Å². The highest BCUT2D eigenvalue weighted by Crippen LogP contribution is 2.29. The Balaban J connectivity index is 1.33. The second-order valence-corrected chi connectivity index (χ2v) is 16.1. The maximum atomic E-state index is 14.7. The van der Waals surface area contributed by atoms with Crippen LogP contribution in [0.15, 0.2) is 42.5 Å². The molecule has 7 amide bonds. The summed E-state index contributed by atoms with van der Waals surface area (Å²) < 4.78 is 34.6. The quantitative estimate of drug-likeness (QED) is 0.307. The van der Waals surface area contributed by atoms with Crippen molar-refractivity contribution < 1.29 is 47.1 Å². The van der Waals surface area contributed by atoms with Gasteiger partial charge in [0.1, 0.15) is 54.0 Å². The molecule has 4 heterocycles. The highest BCUT2D eigenvalue weighted by Gasteiger charge is 2.47. The van der Waals surface area contributed by atoms with Crippen LogP contribution in [-0.2, 0) is 46.3 Å². The van der Waals surface area contributed by atoms with Crippen LogP contribution in [0.5, 0.6) is 0 Å². The van der Waals surface area contributed by atoms with Crippen molar-refractivity contribution in [2.45, 2.75) is 121 Å². The predicted molar refractivity (Wildman–Crippen MR) is 210 cm³/mol. The molecule has 8 atom stereocenters. The zero-order valence-corrected chi connectivity index (χ0v) is 33.8. The van der Waals surface area contributed by atoms with Crippen molar-refractivity contribution in [3.63, 3.8) is 0 Å². The molecule has 318 valence electrons.